The van der Waals surface area contributed by atoms with E-state index in [-0.39, 0.29) is 5.56 Å². The first-order chi connectivity index (χ1) is 12.9. The van der Waals surface area contributed by atoms with Gasteiger partial charge in [0.1, 0.15) is 11.3 Å². The molecule has 0 aliphatic carbocycles. The molecule has 3 rings (SSSR count). The van der Waals surface area contributed by atoms with Crippen LogP contribution >= 0.6 is 0 Å². The molecule has 0 bridgehead atoms. The first-order valence-electron chi connectivity index (χ1n) is 8.07. The predicted octanol–water partition coefficient (Wildman–Crippen LogP) is 3.91. The number of alkyl halides is 3. The van der Waals surface area contributed by atoms with E-state index in [2.05, 4.69) is 5.32 Å². The maximum Gasteiger partial charge on any atom is 0.431 e. The third kappa shape index (κ3) is 4.25. The van der Waals surface area contributed by atoms with Gasteiger partial charge < -0.3 is 10.3 Å². The zero-order chi connectivity index (χ0) is 19.4. The van der Waals surface area contributed by atoms with Gasteiger partial charge in [0.05, 0.1) is 6.04 Å². The molecule has 0 radical (unpaired) electrons. The quantitative estimate of drug-likeness (QED) is 0.729. The molecule has 0 aliphatic heterocycles. The summed E-state index contributed by atoms with van der Waals surface area (Å²) in [4.78, 5) is 26.2. The Morgan fingerprint density at radius 1 is 0.852 bits per heavy atom. The molecular formula is C20H15F3N2O2. The van der Waals surface area contributed by atoms with Crippen molar-refractivity contribution in [1.82, 2.24) is 10.3 Å². The van der Waals surface area contributed by atoms with Crippen molar-refractivity contribution in [3.63, 3.8) is 0 Å². The van der Waals surface area contributed by atoms with Gasteiger partial charge in [-0.1, -0.05) is 60.7 Å². The maximum absolute atomic E-state index is 12.7. The van der Waals surface area contributed by atoms with Crippen LogP contribution < -0.4 is 10.9 Å². The summed E-state index contributed by atoms with van der Waals surface area (Å²) >= 11 is 0. The van der Waals surface area contributed by atoms with E-state index < -0.39 is 29.4 Å². The van der Waals surface area contributed by atoms with E-state index in [4.69, 9.17) is 0 Å². The van der Waals surface area contributed by atoms with Crippen molar-refractivity contribution in [2.45, 2.75) is 12.2 Å². The predicted molar refractivity (Wildman–Crippen MR) is 94.3 cm³/mol. The lowest BCUT2D eigenvalue weighted by Gasteiger charge is -2.20. The smallest absolute Gasteiger partial charge is 0.341 e. The monoisotopic (exact) mass is 372 g/mol. The van der Waals surface area contributed by atoms with Gasteiger partial charge >= 0.3 is 6.18 Å². The van der Waals surface area contributed by atoms with Crippen molar-refractivity contribution in [2.75, 3.05) is 0 Å². The summed E-state index contributed by atoms with van der Waals surface area (Å²) in [6.45, 7) is 0. The lowest BCUT2D eigenvalue weighted by Crippen LogP contribution is -2.34. The number of carbonyl (C=O) groups excluding carboxylic acids is 1. The first-order valence-corrected chi connectivity index (χ1v) is 8.07. The van der Waals surface area contributed by atoms with Gasteiger partial charge in [0, 0.05) is 0 Å². The van der Waals surface area contributed by atoms with E-state index in [9.17, 15) is 22.8 Å². The number of halogens is 3. The number of rotatable bonds is 4. The third-order valence-electron chi connectivity index (χ3n) is 4.00. The van der Waals surface area contributed by atoms with Crippen molar-refractivity contribution in [3.05, 3.63) is 106 Å². The Balaban J connectivity index is 1.93. The summed E-state index contributed by atoms with van der Waals surface area (Å²) in [5, 5.41) is 2.72. The van der Waals surface area contributed by atoms with E-state index in [0.717, 1.165) is 17.2 Å². The fraction of sp³-hybridized carbons (Fsp3) is 0.100. The minimum absolute atomic E-state index is 0.389. The second-order valence-electron chi connectivity index (χ2n) is 5.84. The van der Waals surface area contributed by atoms with Gasteiger partial charge in [-0.2, -0.15) is 13.2 Å². The van der Waals surface area contributed by atoms with Crippen molar-refractivity contribution in [2.24, 2.45) is 0 Å². The van der Waals surface area contributed by atoms with Crippen molar-refractivity contribution >= 4 is 5.91 Å². The van der Waals surface area contributed by atoms with Gasteiger partial charge in [0.15, 0.2) is 0 Å². The highest BCUT2D eigenvalue weighted by Gasteiger charge is 2.32. The largest absolute Gasteiger partial charge is 0.431 e. The lowest BCUT2D eigenvalue weighted by atomic mass is 9.98. The number of amides is 1. The molecule has 0 spiro atoms. The van der Waals surface area contributed by atoms with Crippen LogP contribution in [0.1, 0.15) is 33.2 Å². The number of aromatic amines is 1. The Bertz CT molecular complexity index is 944. The minimum Gasteiger partial charge on any atom is -0.341 e. The van der Waals surface area contributed by atoms with Crippen LogP contribution in [0.25, 0.3) is 0 Å². The van der Waals surface area contributed by atoms with E-state index in [1.165, 1.54) is 0 Å². The van der Waals surface area contributed by atoms with Crippen LogP contribution in [0, 0.1) is 0 Å². The molecule has 7 heteroatoms. The zero-order valence-corrected chi connectivity index (χ0v) is 14.0. The molecule has 1 amide bonds. The van der Waals surface area contributed by atoms with Crippen LogP contribution in [-0.2, 0) is 6.18 Å². The second kappa shape index (κ2) is 7.49. The highest BCUT2D eigenvalue weighted by molar-refractivity contribution is 5.94. The average Bonchev–Trinajstić information content (AvgIpc) is 2.66. The third-order valence-corrected chi connectivity index (χ3v) is 4.00. The summed E-state index contributed by atoms with van der Waals surface area (Å²) in [7, 11) is 0. The maximum atomic E-state index is 12.7. The molecule has 0 aliphatic rings. The molecule has 0 unspecified atom stereocenters. The molecule has 1 aromatic heterocycles. The molecule has 0 saturated carbocycles. The first kappa shape index (κ1) is 18.4. The van der Waals surface area contributed by atoms with E-state index >= 15 is 0 Å². The van der Waals surface area contributed by atoms with Crippen LogP contribution in [0.15, 0.2) is 77.6 Å². The summed E-state index contributed by atoms with van der Waals surface area (Å²) in [5.74, 6) is -0.761. The Labute approximate surface area is 152 Å². The Kier molecular flexibility index (Phi) is 5.12. The molecule has 0 atom stereocenters. The zero-order valence-electron chi connectivity index (χ0n) is 14.0. The minimum atomic E-state index is -4.69. The van der Waals surface area contributed by atoms with Gasteiger partial charge in [-0.3, -0.25) is 9.59 Å². The Hall–Kier alpha value is -3.35. The standard InChI is InChI=1S/C20H15F3N2O2/c21-20(22,23)16-12-11-15(18(26)24-16)19(27)25-17(13-7-3-1-4-8-13)14-9-5-2-6-10-14/h1-12,17H,(H,24,26)(H,25,27). The Morgan fingerprint density at radius 2 is 1.37 bits per heavy atom. The molecule has 3 aromatic rings. The van der Waals surface area contributed by atoms with Crippen LogP contribution in [0.2, 0.25) is 0 Å². The Morgan fingerprint density at radius 3 is 1.81 bits per heavy atom. The van der Waals surface area contributed by atoms with Gasteiger partial charge in [-0.05, 0) is 23.3 Å². The molecule has 0 fully saturated rings. The molecule has 27 heavy (non-hydrogen) atoms. The number of hydrogen-bond acceptors (Lipinski definition) is 2. The molecular weight excluding hydrogens is 357 g/mol. The van der Waals surface area contributed by atoms with E-state index in [1.54, 1.807) is 4.98 Å². The van der Waals surface area contributed by atoms with E-state index in [1.807, 2.05) is 60.7 Å². The fourth-order valence-corrected chi connectivity index (χ4v) is 2.68. The van der Waals surface area contributed by atoms with Crippen molar-refractivity contribution < 1.29 is 18.0 Å². The topological polar surface area (TPSA) is 62.0 Å². The van der Waals surface area contributed by atoms with Crippen molar-refractivity contribution in [3.8, 4) is 0 Å². The van der Waals surface area contributed by atoms with Crippen LogP contribution in [0.4, 0.5) is 13.2 Å². The normalized spacial score (nSPS) is 11.4. The highest BCUT2D eigenvalue weighted by atomic mass is 19.4. The van der Waals surface area contributed by atoms with Gasteiger partial charge in [-0.25, -0.2) is 0 Å². The molecule has 2 aromatic carbocycles. The van der Waals surface area contributed by atoms with Crippen LogP contribution in [0.3, 0.4) is 0 Å². The number of H-pyrrole nitrogens is 1. The van der Waals surface area contributed by atoms with Gasteiger partial charge in [0.25, 0.3) is 11.5 Å². The SMILES string of the molecule is O=C(NC(c1ccccc1)c1ccccc1)c1ccc(C(F)(F)F)[nH]c1=O. The van der Waals surface area contributed by atoms with Crippen molar-refractivity contribution in [1.29, 1.82) is 0 Å². The average molecular weight is 372 g/mol. The number of carbonyl (C=O) groups is 1. The molecule has 138 valence electrons. The number of nitrogens with one attached hydrogen (secondary N) is 2. The fourth-order valence-electron chi connectivity index (χ4n) is 2.68. The summed E-state index contributed by atoms with van der Waals surface area (Å²) in [6.07, 6.45) is -4.69. The second-order valence-corrected chi connectivity index (χ2v) is 5.84. The molecule has 4 nitrogen and oxygen atoms in total. The summed E-state index contributed by atoms with van der Waals surface area (Å²) in [6, 6.07) is 19.1. The molecule has 0 saturated heterocycles. The highest BCUT2D eigenvalue weighted by Crippen LogP contribution is 2.26. The number of pyridine rings is 1. The number of benzene rings is 2. The van der Waals surface area contributed by atoms with Crippen LogP contribution in [0.5, 0.6) is 0 Å². The van der Waals surface area contributed by atoms with Crippen LogP contribution in [-0.4, -0.2) is 10.9 Å². The van der Waals surface area contributed by atoms with E-state index in [0.29, 0.717) is 6.07 Å². The number of hydrogen-bond donors (Lipinski definition) is 2. The van der Waals surface area contributed by atoms with Gasteiger partial charge in [0.2, 0.25) is 0 Å². The lowest BCUT2D eigenvalue weighted by molar-refractivity contribution is -0.141. The summed E-state index contributed by atoms with van der Waals surface area (Å²) < 4.78 is 38.0. The molecule has 1 heterocycles. The number of aromatic nitrogens is 1. The summed E-state index contributed by atoms with van der Waals surface area (Å²) in [5.41, 5.74) is -1.13. The molecule has 2 N–H and O–H groups in total. The van der Waals surface area contributed by atoms with Gasteiger partial charge in [-0.15, -0.1) is 0 Å².